The van der Waals surface area contributed by atoms with Crippen molar-refractivity contribution < 1.29 is 14.3 Å². The van der Waals surface area contributed by atoms with Crippen LogP contribution in [0.1, 0.15) is 34.6 Å². The van der Waals surface area contributed by atoms with Gasteiger partial charge in [-0.25, -0.2) is 9.78 Å². The second kappa shape index (κ2) is 10.4. The second-order valence-corrected chi connectivity index (χ2v) is 11.5. The summed E-state index contributed by atoms with van der Waals surface area (Å²) in [5.41, 5.74) is 3.69. The lowest BCUT2D eigenvalue weighted by Gasteiger charge is -2.26. The van der Waals surface area contributed by atoms with Crippen LogP contribution in [0.4, 0.5) is 9.80 Å². The first kappa shape index (κ1) is 23.8. The fraction of sp³-hybridized carbons (Fsp3) is 0.269. The molecule has 6 nitrogen and oxygen atoms in total. The second-order valence-electron chi connectivity index (χ2n) is 7.98. The molecular formula is C26H25N3O3S3. The lowest BCUT2D eigenvalue weighted by atomic mass is 10.0. The molecule has 0 unspecified atom stereocenters. The number of nitrogens with one attached hydrogen (secondary N) is 1. The number of thioether (sulfide) groups is 1. The van der Waals surface area contributed by atoms with Crippen LogP contribution < -0.4 is 5.32 Å². The minimum Gasteiger partial charge on any atom is -0.450 e. The number of fused-ring (bicyclic) bond motifs is 2. The molecule has 180 valence electrons. The van der Waals surface area contributed by atoms with Gasteiger partial charge in [0.25, 0.3) is 5.91 Å². The molecule has 4 aromatic rings. The van der Waals surface area contributed by atoms with E-state index in [4.69, 9.17) is 9.72 Å². The van der Waals surface area contributed by atoms with Crippen molar-refractivity contribution in [3.8, 4) is 10.6 Å². The van der Waals surface area contributed by atoms with Crippen molar-refractivity contribution in [2.75, 3.05) is 24.2 Å². The van der Waals surface area contributed by atoms with E-state index < -0.39 is 0 Å². The molecule has 1 aliphatic heterocycles. The van der Waals surface area contributed by atoms with Gasteiger partial charge in [-0.2, -0.15) is 0 Å². The number of carbonyl (C=O) groups excluding carboxylic acids is 2. The zero-order valence-electron chi connectivity index (χ0n) is 19.5. The van der Waals surface area contributed by atoms with Crippen molar-refractivity contribution in [2.45, 2.75) is 31.7 Å². The predicted molar refractivity (Wildman–Crippen MR) is 145 cm³/mol. The first-order valence-electron chi connectivity index (χ1n) is 11.5. The molecule has 0 radical (unpaired) electrons. The third-order valence-corrected chi connectivity index (χ3v) is 8.79. The number of ether oxygens (including phenoxy) is 1. The molecule has 1 aliphatic rings. The molecule has 1 N–H and O–H groups in total. The van der Waals surface area contributed by atoms with E-state index in [-0.39, 0.29) is 12.0 Å². The quantitative estimate of drug-likeness (QED) is 0.278. The Hall–Kier alpha value is -2.88. The fourth-order valence-corrected chi connectivity index (χ4v) is 7.22. The van der Waals surface area contributed by atoms with Gasteiger partial charge in [-0.1, -0.05) is 25.1 Å². The van der Waals surface area contributed by atoms with E-state index in [0.29, 0.717) is 31.7 Å². The van der Waals surface area contributed by atoms with Crippen molar-refractivity contribution in [1.29, 1.82) is 0 Å². The monoisotopic (exact) mass is 523 g/mol. The first-order valence-corrected chi connectivity index (χ1v) is 14.2. The molecule has 0 saturated carbocycles. The molecule has 2 amide bonds. The van der Waals surface area contributed by atoms with Crippen molar-refractivity contribution in [1.82, 2.24) is 9.88 Å². The molecule has 0 spiro atoms. The average molecular weight is 524 g/mol. The van der Waals surface area contributed by atoms with E-state index in [1.54, 1.807) is 28.0 Å². The number of nitrogens with zero attached hydrogens (tertiary/aromatic N) is 2. The number of amides is 2. The Kier molecular flexibility index (Phi) is 7.08. The first-order chi connectivity index (χ1) is 17.1. The number of carbonyl (C=O) groups is 2. The molecule has 0 bridgehead atoms. The van der Waals surface area contributed by atoms with Crippen molar-refractivity contribution in [2.24, 2.45) is 0 Å². The summed E-state index contributed by atoms with van der Waals surface area (Å²) >= 11 is 4.86. The lowest BCUT2D eigenvalue weighted by Crippen LogP contribution is -2.35. The Morgan fingerprint density at radius 2 is 2.00 bits per heavy atom. The maximum atomic E-state index is 13.3. The highest BCUT2D eigenvalue weighted by Gasteiger charge is 2.30. The molecule has 2 aromatic carbocycles. The summed E-state index contributed by atoms with van der Waals surface area (Å²) < 4.78 is 6.33. The van der Waals surface area contributed by atoms with Crippen LogP contribution in [0.15, 0.2) is 53.4 Å². The van der Waals surface area contributed by atoms with Gasteiger partial charge >= 0.3 is 6.09 Å². The maximum absolute atomic E-state index is 13.3. The number of anilines is 1. The van der Waals surface area contributed by atoms with E-state index in [9.17, 15) is 9.59 Å². The Balaban J connectivity index is 1.53. The average Bonchev–Trinajstić information content (AvgIpc) is 3.44. The lowest BCUT2D eigenvalue weighted by molar-refractivity contribution is 0.102. The van der Waals surface area contributed by atoms with Gasteiger partial charge in [-0.3, -0.25) is 4.79 Å². The minimum absolute atomic E-state index is 0.147. The van der Waals surface area contributed by atoms with Crippen LogP contribution in [0.3, 0.4) is 0 Å². The van der Waals surface area contributed by atoms with Crippen LogP contribution in [0.5, 0.6) is 0 Å². The summed E-state index contributed by atoms with van der Waals surface area (Å²) in [5.74, 6) is 0.799. The Morgan fingerprint density at radius 3 is 2.80 bits per heavy atom. The van der Waals surface area contributed by atoms with Crippen molar-refractivity contribution in [3.63, 3.8) is 0 Å². The van der Waals surface area contributed by atoms with Gasteiger partial charge in [0.15, 0.2) is 0 Å². The maximum Gasteiger partial charge on any atom is 0.410 e. The number of hydrogen-bond acceptors (Lipinski definition) is 7. The van der Waals surface area contributed by atoms with Gasteiger partial charge < -0.3 is 15.0 Å². The van der Waals surface area contributed by atoms with E-state index in [1.807, 2.05) is 49.4 Å². The smallest absolute Gasteiger partial charge is 0.410 e. The minimum atomic E-state index is -0.302. The molecule has 3 heterocycles. The highest BCUT2D eigenvalue weighted by atomic mass is 32.2. The van der Waals surface area contributed by atoms with Crippen LogP contribution in [0.25, 0.3) is 20.8 Å². The van der Waals surface area contributed by atoms with E-state index in [1.165, 1.54) is 11.3 Å². The van der Waals surface area contributed by atoms with E-state index >= 15 is 0 Å². The third kappa shape index (κ3) is 4.94. The number of thiophene rings is 1. The molecule has 2 aromatic heterocycles. The molecule has 0 aliphatic carbocycles. The molecule has 0 atom stereocenters. The topological polar surface area (TPSA) is 71.5 Å². The van der Waals surface area contributed by atoms with Crippen molar-refractivity contribution >= 4 is 61.7 Å². The number of hydrogen-bond donors (Lipinski definition) is 1. The number of benzene rings is 2. The van der Waals surface area contributed by atoms with Gasteiger partial charge in [0, 0.05) is 27.4 Å². The standard InChI is InChI=1S/C26H25N3O3S3/c1-3-32-26(31)29-13-12-18-21(15-29)35-25(22(18)24-27-19-10-5-6-11-20(19)34-24)28-23(30)16-8-7-9-17(14-16)33-4-2/h5-11,14H,3-4,12-13,15H2,1-2H3,(H,28,30). The van der Waals surface area contributed by atoms with Gasteiger partial charge in [0.05, 0.1) is 23.4 Å². The van der Waals surface area contributed by atoms with Crippen LogP contribution >= 0.6 is 34.4 Å². The Labute approximate surface area is 216 Å². The number of aromatic nitrogens is 1. The highest BCUT2D eigenvalue weighted by molar-refractivity contribution is 7.99. The summed E-state index contributed by atoms with van der Waals surface area (Å²) in [5, 5.41) is 4.83. The molecule has 0 saturated heterocycles. The number of rotatable bonds is 6. The van der Waals surface area contributed by atoms with Crippen LogP contribution in [-0.4, -0.2) is 40.8 Å². The summed E-state index contributed by atoms with van der Waals surface area (Å²) in [6, 6.07) is 15.8. The fourth-order valence-electron chi connectivity index (χ4n) is 4.14. The molecule has 9 heteroatoms. The third-order valence-electron chi connectivity index (χ3n) is 5.72. The molecule has 0 fully saturated rings. The van der Waals surface area contributed by atoms with Crippen LogP contribution in [-0.2, 0) is 17.7 Å². The van der Waals surface area contributed by atoms with E-state index in [2.05, 4.69) is 18.3 Å². The largest absolute Gasteiger partial charge is 0.450 e. The molecular weight excluding hydrogens is 499 g/mol. The Bertz CT molecular complexity index is 1360. The van der Waals surface area contributed by atoms with Crippen LogP contribution in [0, 0.1) is 0 Å². The summed E-state index contributed by atoms with van der Waals surface area (Å²) in [6.07, 6.45) is 0.387. The van der Waals surface area contributed by atoms with Crippen LogP contribution in [0.2, 0.25) is 0 Å². The summed E-state index contributed by atoms with van der Waals surface area (Å²) in [7, 11) is 0. The van der Waals surface area contributed by atoms with E-state index in [0.717, 1.165) is 46.9 Å². The van der Waals surface area contributed by atoms with Gasteiger partial charge in [-0.05, 0) is 55.0 Å². The highest BCUT2D eigenvalue weighted by Crippen LogP contribution is 2.46. The predicted octanol–water partition coefficient (Wildman–Crippen LogP) is 6.90. The molecule has 5 rings (SSSR count). The summed E-state index contributed by atoms with van der Waals surface area (Å²) in [6.45, 7) is 5.29. The van der Waals surface area contributed by atoms with Gasteiger partial charge in [0.2, 0.25) is 0 Å². The zero-order valence-corrected chi connectivity index (χ0v) is 21.9. The SMILES string of the molecule is CCOC(=O)N1CCc2c(sc(NC(=O)c3cccc(SCC)c3)c2-c2nc3ccccc3s2)C1. The molecule has 35 heavy (non-hydrogen) atoms. The Morgan fingerprint density at radius 1 is 1.14 bits per heavy atom. The van der Waals surface area contributed by atoms with Gasteiger partial charge in [-0.15, -0.1) is 34.4 Å². The normalized spacial score (nSPS) is 13.0. The number of para-hydroxylation sites is 1. The number of thiazole rings is 1. The summed E-state index contributed by atoms with van der Waals surface area (Å²) in [4.78, 5) is 34.4. The van der Waals surface area contributed by atoms with Gasteiger partial charge in [0.1, 0.15) is 10.0 Å². The van der Waals surface area contributed by atoms with Crippen molar-refractivity contribution in [3.05, 3.63) is 64.5 Å². The zero-order chi connectivity index (χ0) is 24.4.